The maximum Gasteiger partial charge on any atom is 0.397 e. The molecule has 0 spiro atoms. The molecule has 0 aliphatic carbocycles. The van der Waals surface area contributed by atoms with Crippen LogP contribution in [0.1, 0.15) is 41.5 Å². The van der Waals surface area contributed by atoms with E-state index in [1.54, 1.807) is 0 Å². The first kappa shape index (κ1) is 28.0. The van der Waals surface area contributed by atoms with Crippen molar-refractivity contribution in [2.24, 2.45) is 0 Å². The minimum absolute atomic E-state index is 0.0916. The van der Waals surface area contributed by atoms with Crippen molar-refractivity contribution in [2.75, 3.05) is 29.2 Å². The average molecular weight is 519 g/mol. The Morgan fingerprint density at radius 2 is 1.22 bits per heavy atom. The van der Waals surface area contributed by atoms with Gasteiger partial charge in [-0.3, -0.25) is 19.2 Å². The minimum atomic E-state index is -1.38. The smallest absolute Gasteiger partial charge is 0.397 e. The average Bonchev–Trinajstić information content (AvgIpc) is 2.78. The Bertz CT molecular complexity index is 1290. The van der Waals surface area contributed by atoms with E-state index in [4.69, 9.17) is 0 Å². The van der Waals surface area contributed by atoms with Gasteiger partial charge in [0.25, 0.3) is 5.91 Å². The van der Waals surface area contributed by atoms with Crippen LogP contribution in [0.25, 0.3) is 0 Å². The van der Waals surface area contributed by atoms with Gasteiger partial charge in [-0.1, -0.05) is 0 Å². The lowest BCUT2D eigenvalue weighted by Gasteiger charge is -2.13. The van der Waals surface area contributed by atoms with Crippen LogP contribution in [0.15, 0.2) is 27.4 Å². The van der Waals surface area contributed by atoms with E-state index >= 15 is 0 Å². The molecule has 37 heavy (non-hydrogen) atoms. The molecule has 0 atom stereocenters. The van der Waals surface area contributed by atoms with E-state index in [0.29, 0.717) is 0 Å². The lowest BCUT2D eigenvalue weighted by molar-refractivity contribution is -0.152. The third-order valence-electron chi connectivity index (χ3n) is 4.29. The first-order valence-corrected chi connectivity index (χ1v) is 10.4. The van der Waals surface area contributed by atoms with E-state index < -0.39 is 63.9 Å². The van der Waals surface area contributed by atoms with Crippen molar-refractivity contribution in [1.82, 2.24) is 0 Å². The van der Waals surface area contributed by atoms with Gasteiger partial charge in [-0.05, 0) is 39.0 Å². The predicted molar refractivity (Wildman–Crippen MR) is 123 cm³/mol. The normalized spacial score (nSPS) is 10.1. The Morgan fingerprint density at radius 3 is 1.62 bits per heavy atom. The van der Waals surface area contributed by atoms with Crippen LogP contribution in [0.4, 0.5) is 17.1 Å². The fraction of sp³-hybridized carbons (Fsp3) is 0.227. The van der Waals surface area contributed by atoms with E-state index in [-0.39, 0.29) is 30.3 Å². The van der Waals surface area contributed by atoms with Crippen molar-refractivity contribution < 1.29 is 52.9 Å². The second-order valence-electron chi connectivity index (χ2n) is 6.95. The summed E-state index contributed by atoms with van der Waals surface area (Å²) in [5.41, 5.74) is -3.81. The summed E-state index contributed by atoms with van der Waals surface area (Å²) in [6.07, 6.45) is 0. The van der Waals surface area contributed by atoms with Crippen molar-refractivity contribution in [3.05, 3.63) is 39.7 Å². The fourth-order valence-corrected chi connectivity index (χ4v) is 2.82. The number of nitrogens with one attached hydrogen (secondary N) is 3. The first-order valence-electron chi connectivity index (χ1n) is 10.4. The van der Waals surface area contributed by atoms with E-state index in [1.165, 1.54) is 13.8 Å². The molecule has 0 unspecified atom stereocenters. The molecule has 2 aromatic rings. The Kier molecular flexibility index (Phi) is 9.06. The Labute approximate surface area is 207 Å². The second kappa shape index (κ2) is 12.0. The van der Waals surface area contributed by atoms with Crippen LogP contribution in [0, 0.1) is 0 Å². The number of Topliss-reactive ketones (excluding diaryl/α,β-unsaturated/α-hetero) is 1. The maximum absolute atomic E-state index is 12.8. The molecule has 1 aromatic carbocycles. The number of hydrogen-bond acceptors (Lipinski definition) is 12. The zero-order valence-electron chi connectivity index (χ0n) is 19.6. The summed E-state index contributed by atoms with van der Waals surface area (Å²) in [5.74, 6) is -9.57. The van der Waals surface area contributed by atoms with E-state index in [1.807, 2.05) is 0 Å². The van der Waals surface area contributed by atoms with Crippen LogP contribution >= 0.6 is 0 Å². The molecule has 15 nitrogen and oxygen atoms in total. The van der Waals surface area contributed by atoms with E-state index in [0.717, 1.165) is 25.1 Å². The molecule has 0 aliphatic heterocycles. The lowest BCUT2D eigenvalue weighted by atomic mass is 10.1. The van der Waals surface area contributed by atoms with Crippen molar-refractivity contribution in [3.63, 3.8) is 0 Å². The summed E-state index contributed by atoms with van der Waals surface area (Å²) in [6, 6.07) is 3.30. The van der Waals surface area contributed by atoms with Crippen molar-refractivity contribution in [3.8, 4) is 11.7 Å². The highest BCUT2D eigenvalue weighted by Gasteiger charge is 2.27. The zero-order chi connectivity index (χ0) is 27.9. The number of aromatic hydroxyl groups is 2. The molecular formula is C22H21N3O12. The van der Waals surface area contributed by atoms with E-state index in [9.17, 15) is 43.8 Å². The summed E-state index contributed by atoms with van der Waals surface area (Å²) in [5, 5.41) is 26.6. The molecule has 1 aromatic heterocycles. The highest BCUT2D eigenvalue weighted by Crippen LogP contribution is 2.30. The van der Waals surface area contributed by atoms with Gasteiger partial charge in [0.05, 0.1) is 13.2 Å². The van der Waals surface area contributed by atoms with Crippen molar-refractivity contribution in [2.45, 2.75) is 20.8 Å². The third kappa shape index (κ3) is 6.91. The Morgan fingerprint density at radius 1 is 0.784 bits per heavy atom. The van der Waals surface area contributed by atoms with Gasteiger partial charge in [-0.2, -0.15) is 0 Å². The standard InChI is InChI=1S/C22H21N3O12/c1-4-35-21(33)17(29)24-11-6-10(7-12(8-11)25-18(30)22(34)36-5-2)23-16(28)14-15(27)13(9(3)26)19(31)37-20(14)32/h6-8,27,32H,4-5H2,1-3H3,(H,23,28)(H,24,29)(H,25,30). The molecule has 0 fully saturated rings. The molecule has 1 heterocycles. The summed E-state index contributed by atoms with van der Waals surface area (Å²) < 4.78 is 13.6. The van der Waals surface area contributed by atoms with Crippen LogP contribution in [0.2, 0.25) is 0 Å². The van der Waals surface area contributed by atoms with Gasteiger partial charge in [-0.25, -0.2) is 14.4 Å². The van der Waals surface area contributed by atoms with E-state index in [2.05, 4.69) is 29.8 Å². The second-order valence-corrected chi connectivity index (χ2v) is 6.95. The zero-order valence-corrected chi connectivity index (χ0v) is 19.6. The molecule has 0 aliphatic rings. The molecule has 5 N–H and O–H groups in total. The molecular weight excluding hydrogens is 498 g/mol. The number of anilines is 3. The Hall–Kier alpha value is -5.21. The van der Waals surface area contributed by atoms with Gasteiger partial charge >= 0.3 is 35.3 Å². The highest BCUT2D eigenvalue weighted by atomic mass is 16.5. The number of hydrogen-bond donors (Lipinski definition) is 5. The van der Waals surface area contributed by atoms with Crippen molar-refractivity contribution >= 4 is 52.5 Å². The fourth-order valence-electron chi connectivity index (χ4n) is 2.82. The van der Waals surface area contributed by atoms with Crippen LogP contribution in [0.3, 0.4) is 0 Å². The van der Waals surface area contributed by atoms with Crippen LogP contribution in [-0.4, -0.2) is 58.9 Å². The number of ketones is 1. The molecule has 0 radical (unpaired) electrons. The molecule has 196 valence electrons. The monoisotopic (exact) mass is 519 g/mol. The number of amides is 3. The molecule has 0 saturated carbocycles. The van der Waals surface area contributed by atoms with Gasteiger partial charge in [0.1, 0.15) is 5.56 Å². The summed E-state index contributed by atoms with van der Waals surface area (Å²) in [7, 11) is 0. The predicted octanol–water partition coefficient (Wildman–Crippen LogP) is 0.509. The molecule has 0 saturated heterocycles. The number of ether oxygens (including phenoxy) is 2. The summed E-state index contributed by atoms with van der Waals surface area (Å²) in [6.45, 7) is 3.67. The van der Waals surface area contributed by atoms with Gasteiger partial charge in [0.2, 0.25) is 0 Å². The topological polar surface area (TPSA) is 228 Å². The number of benzene rings is 1. The van der Waals surface area contributed by atoms with Crippen LogP contribution in [0.5, 0.6) is 11.7 Å². The van der Waals surface area contributed by atoms with Crippen LogP contribution < -0.4 is 21.6 Å². The molecule has 2 rings (SSSR count). The van der Waals surface area contributed by atoms with Crippen LogP contribution in [-0.2, 0) is 28.7 Å². The molecule has 15 heteroatoms. The van der Waals surface area contributed by atoms with Gasteiger partial charge in [-0.15, -0.1) is 0 Å². The molecule has 0 bridgehead atoms. The Balaban J connectivity index is 2.48. The largest absolute Gasteiger partial charge is 0.506 e. The quantitative estimate of drug-likeness (QED) is 0.191. The molecule has 3 amide bonds. The SMILES string of the molecule is CCOC(=O)C(=O)Nc1cc(NC(=O)C(=O)OCC)cc(NC(=O)c2c(O)oc(=O)c(C(C)=O)c2O)c1. The van der Waals surface area contributed by atoms with Gasteiger partial charge in [0.15, 0.2) is 17.1 Å². The number of rotatable bonds is 7. The van der Waals surface area contributed by atoms with Crippen molar-refractivity contribution in [1.29, 1.82) is 0 Å². The third-order valence-corrected chi connectivity index (χ3v) is 4.29. The van der Waals surface area contributed by atoms with Gasteiger partial charge < -0.3 is 40.1 Å². The van der Waals surface area contributed by atoms with Gasteiger partial charge in [0, 0.05) is 17.1 Å². The number of carbonyl (C=O) groups is 6. The minimum Gasteiger partial charge on any atom is -0.506 e. The lowest BCUT2D eigenvalue weighted by Crippen LogP contribution is -2.26. The highest BCUT2D eigenvalue weighted by molar-refractivity contribution is 6.38. The number of carbonyl (C=O) groups excluding carboxylic acids is 6. The first-order chi connectivity index (χ1) is 17.4. The number of esters is 2. The summed E-state index contributed by atoms with van der Waals surface area (Å²) in [4.78, 5) is 83.5. The maximum atomic E-state index is 12.8. The summed E-state index contributed by atoms with van der Waals surface area (Å²) >= 11 is 0.